The molecular weight excluding hydrogens is 292 g/mol. The standard InChI is InChI=1S/C19H12O4/c1-11-6-7-13-14(10-18(20)22-17(13)8-11)15-9-12-4-2-3-5-16(12)23-19(15)21/h2-10H,1H3. The van der Waals surface area contributed by atoms with Crippen LogP contribution >= 0.6 is 0 Å². The van der Waals surface area contributed by atoms with Gasteiger partial charge >= 0.3 is 11.3 Å². The summed E-state index contributed by atoms with van der Waals surface area (Å²) in [7, 11) is 0. The number of aryl methyl sites for hydroxylation is 1. The molecule has 0 unspecified atom stereocenters. The molecule has 4 aromatic rings. The third-order valence-corrected chi connectivity index (χ3v) is 3.83. The number of para-hydroxylation sites is 1. The molecule has 0 aliphatic heterocycles. The van der Waals surface area contributed by atoms with Crippen LogP contribution in [0.4, 0.5) is 0 Å². The quantitative estimate of drug-likeness (QED) is 0.501. The summed E-state index contributed by atoms with van der Waals surface area (Å²) < 4.78 is 10.6. The van der Waals surface area contributed by atoms with Crippen LogP contribution in [0, 0.1) is 6.92 Å². The van der Waals surface area contributed by atoms with Crippen molar-refractivity contribution in [2.75, 3.05) is 0 Å². The molecule has 0 spiro atoms. The van der Waals surface area contributed by atoms with Crippen molar-refractivity contribution in [1.29, 1.82) is 0 Å². The summed E-state index contributed by atoms with van der Waals surface area (Å²) in [6.45, 7) is 1.91. The summed E-state index contributed by atoms with van der Waals surface area (Å²) in [5.41, 5.74) is 1.86. The van der Waals surface area contributed by atoms with Crippen molar-refractivity contribution >= 4 is 21.9 Å². The van der Waals surface area contributed by atoms with Crippen molar-refractivity contribution in [2.45, 2.75) is 6.92 Å². The summed E-state index contributed by atoms with van der Waals surface area (Å²) in [4.78, 5) is 24.2. The van der Waals surface area contributed by atoms with E-state index in [0.717, 1.165) is 10.9 Å². The zero-order chi connectivity index (χ0) is 16.0. The molecule has 4 nitrogen and oxygen atoms in total. The van der Waals surface area contributed by atoms with Gasteiger partial charge in [0.1, 0.15) is 11.2 Å². The van der Waals surface area contributed by atoms with Gasteiger partial charge in [-0.1, -0.05) is 30.3 Å². The summed E-state index contributed by atoms with van der Waals surface area (Å²) in [6.07, 6.45) is 0. The fraction of sp³-hybridized carbons (Fsp3) is 0.0526. The minimum absolute atomic E-state index is 0.352. The molecule has 4 heteroatoms. The number of hydrogen-bond acceptors (Lipinski definition) is 4. The molecule has 0 saturated carbocycles. The Morgan fingerprint density at radius 2 is 1.61 bits per heavy atom. The van der Waals surface area contributed by atoms with E-state index in [1.807, 2.05) is 31.2 Å². The predicted octanol–water partition coefficient (Wildman–Crippen LogP) is 3.87. The fourth-order valence-corrected chi connectivity index (χ4v) is 2.74. The zero-order valence-electron chi connectivity index (χ0n) is 12.3. The maximum atomic E-state index is 12.4. The maximum absolute atomic E-state index is 12.4. The lowest BCUT2D eigenvalue weighted by Gasteiger charge is -2.06. The molecule has 0 atom stereocenters. The number of fused-ring (bicyclic) bond motifs is 2. The molecule has 112 valence electrons. The van der Waals surface area contributed by atoms with E-state index in [0.29, 0.717) is 27.7 Å². The first-order valence-electron chi connectivity index (χ1n) is 7.19. The second kappa shape index (κ2) is 4.95. The van der Waals surface area contributed by atoms with Crippen molar-refractivity contribution < 1.29 is 8.83 Å². The van der Waals surface area contributed by atoms with Crippen molar-refractivity contribution in [2.24, 2.45) is 0 Å². The van der Waals surface area contributed by atoms with Gasteiger partial charge in [-0.2, -0.15) is 0 Å². The van der Waals surface area contributed by atoms with E-state index in [-0.39, 0.29) is 0 Å². The van der Waals surface area contributed by atoms with Crippen LogP contribution in [0.25, 0.3) is 33.1 Å². The molecular formula is C19H12O4. The minimum Gasteiger partial charge on any atom is -0.423 e. The monoisotopic (exact) mass is 304 g/mol. The van der Waals surface area contributed by atoms with E-state index in [2.05, 4.69) is 0 Å². The summed E-state index contributed by atoms with van der Waals surface area (Å²) in [5, 5.41) is 1.51. The summed E-state index contributed by atoms with van der Waals surface area (Å²) in [5.74, 6) is 0. The molecule has 2 heterocycles. The molecule has 2 aromatic carbocycles. The Bertz CT molecular complexity index is 1170. The first kappa shape index (κ1) is 13.5. The SMILES string of the molecule is Cc1ccc2c(-c3cc4ccccc4oc3=O)cc(=O)oc2c1. The highest BCUT2D eigenvalue weighted by Gasteiger charge is 2.13. The van der Waals surface area contributed by atoms with E-state index in [4.69, 9.17) is 8.83 Å². The fourth-order valence-electron chi connectivity index (χ4n) is 2.74. The van der Waals surface area contributed by atoms with Gasteiger partial charge in [0, 0.05) is 22.4 Å². The number of rotatable bonds is 1. The van der Waals surface area contributed by atoms with Gasteiger partial charge in [-0.05, 0) is 30.7 Å². The van der Waals surface area contributed by atoms with E-state index >= 15 is 0 Å². The van der Waals surface area contributed by atoms with Crippen molar-refractivity contribution in [3.63, 3.8) is 0 Å². The van der Waals surface area contributed by atoms with Crippen LogP contribution in [0.15, 0.2) is 73.0 Å². The molecule has 0 radical (unpaired) electrons. The van der Waals surface area contributed by atoms with E-state index < -0.39 is 11.3 Å². The molecule has 0 saturated heterocycles. The van der Waals surface area contributed by atoms with E-state index in [9.17, 15) is 9.59 Å². The van der Waals surface area contributed by atoms with Gasteiger partial charge in [-0.3, -0.25) is 0 Å². The van der Waals surface area contributed by atoms with Crippen LogP contribution in [0.3, 0.4) is 0 Å². The van der Waals surface area contributed by atoms with Crippen LogP contribution < -0.4 is 11.3 Å². The highest BCUT2D eigenvalue weighted by Crippen LogP contribution is 2.27. The highest BCUT2D eigenvalue weighted by molar-refractivity contribution is 5.95. The number of hydrogen-bond donors (Lipinski definition) is 0. The molecule has 23 heavy (non-hydrogen) atoms. The Hall–Kier alpha value is -3.14. The molecule has 0 bridgehead atoms. The Morgan fingerprint density at radius 1 is 0.783 bits per heavy atom. The summed E-state index contributed by atoms with van der Waals surface area (Å²) in [6, 6.07) is 15.9. The third-order valence-electron chi connectivity index (χ3n) is 3.83. The first-order chi connectivity index (χ1) is 11.1. The molecule has 2 aromatic heterocycles. The first-order valence-corrected chi connectivity index (χ1v) is 7.19. The average molecular weight is 304 g/mol. The van der Waals surface area contributed by atoms with Gasteiger partial charge in [0.25, 0.3) is 0 Å². The lowest BCUT2D eigenvalue weighted by atomic mass is 10.0. The maximum Gasteiger partial charge on any atom is 0.344 e. The van der Waals surface area contributed by atoms with Gasteiger partial charge in [0.2, 0.25) is 0 Å². The lowest BCUT2D eigenvalue weighted by Crippen LogP contribution is -2.06. The van der Waals surface area contributed by atoms with Gasteiger partial charge in [0.15, 0.2) is 0 Å². The van der Waals surface area contributed by atoms with Crippen LogP contribution in [-0.2, 0) is 0 Å². The smallest absolute Gasteiger partial charge is 0.344 e. The second-order valence-electron chi connectivity index (χ2n) is 5.46. The van der Waals surface area contributed by atoms with Crippen molar-refractivity contribution in [3.8, 4) is 11.1 Å². The molecule has 0 fully saturated rings. The number of benzene rings is 2. The highest BCUT2D eigenvalue weighted by atomic mass is 16.4. The Labute approximate surface area is 130 Å². The van der Waals surface area contributed by atoms with Gasteiger partial charge in [0.05, 0.1) is 5.56 Å². The van der Waals surface area contributed by atoms with Crippen molar-refractivity contribution in [1.82, 2.24) is 0 Å². The Balaban J connectivity index is 2.12. The molecule has 0 aliphatic carbocycles. The molecule has 0 aliphatic rings. The van der Waals surface area contributed by atoms with Gasteiger partial charge < -0.3 is 8.83 Å². The lowest BCUT2D eigenvalue weighted by molar-refractivity contribution is 0.558. The summed E-state index contributed by atoms with van der Waals surface area (Å²) >= 11 is 0. The molecule has 0 N–H and O–H groups in total. The van der Waals surface area contributed by atoms with Crippen LogP contribution in [0.2, 0.25) is 0 Å². The van der Waals surface area contributed by atoms with Crippen LogP contribution in [0.1, 0.15) is 5.56 Å². The van der Waals surface area contributed by atoms with Crippen molar-refractivity contribution in [3.05, 3.63) is 81.0 Å². The zero-order valence-corrected chi connectivity index (χ0v) is 12.3. The second-order valence-corrected chi connectivity index (χ2v) is 5.46. The molecule has 0 amide bonds. The third kappa shape index (κ3) is 2.25. The van der Waals surface area contributed by atoms with Crippen LogP contribution in [-0.4, -0.2) is 0 Å². The Morgan fingerprint density at radius 3 is 2.48 bits per heavy atom. The van der Waals surface area contributed by atoms with Gasteiger partial charge in [-0.25, -0.2) is 9.59 Å². The predicted molar refractivity (Wildman–Crippen MR) is 88.7 cm³/mol. The normalized spacial score (nSPS) is 11.2. The molecule has 4 rings (SSSR count). The van der Waals surface area contributed by atoms with Gasteiger partial charge in [-0.15, -0.1) is 0 Å². The largest absolute Gasteiger partial charge is 0.423 e. The minimum atomic E-state index is -0.495. The van der Waals surface area contributed by atoms with E-state index in [1.165, 1.54) is 6.07 Å². The van der Waals surface area contributed by atoms with Crippen LogP contribution in [0.5, 0.6) is 0 Å². The van der Waals surface area contributed by atoms with E-state index in [1.54, 1.807) is 24.3 Å². The topological polar surface area (TPSA) is 60.4 Å². The average Bonchev–Trinajstić information content (AvgIpc) is 2.53. The Kier molecular flexibility index (Phi) is 2.91.